The lowest BCUT2D eigenvalue weighted by Gasteiger charge is -2.12. The molecule has 8 heteroatoms. The van der Waals surface area contributed by atoms with Crippen LogP contribution in [0.4, 0.5) is 5.88 Å². The van der Waals surface area contributed by atoms with Crippen molar-refractivity contribution in [2.24, 2.45) is 0 Å². The summed E-state index contributed by atoms with van der Waals surface area (Å²) in [5.74, 6) is 0.0817. The van der Waals surface area contributed by atoms with Crippen molar-refractivity contribution in [2.75, 3.05) is 4.72 Å². The molecule has 0 radical (unpaired) electrons. The number of hydrogen-bond acceptors (Lipinski definition) is 4. The molecule has 0 aliphatic heterocycles. The summed E-state index contributed by atoms with van der Waals surface area (Å²) >= 11 is 5.91. The summed E-state index contributed by atoms with van der Waals surface area (Å²) in [6, 6.07) is 6.55. The highest BCUT2D eigenvalue weighted by atomic mass is 35.5. The summed E-state index contributed by atoms with van der Waals surface area (Å²) in [5.41, 5.74) is 1.08. The van der Waals surface area contributed by atoms with Gasteiger partial charge in [-0.1, -0.05) is 37.5 Å². The highest BCUT2D eigenvalue weighted by Crippen LogP contribution is 2.28. The predicted molar refractivity (Wildman–Crippen MR) is 89.3 cm³/mol. The Bertz CT molecular complexity index is 967. The van der Waals surface area contributed by atoms with Gasteiger partial charge in [0.15, 0.2) is 0 Å². The van der Waals surface area contributed by atoms with E-state index in [0.717, 1.165) is 0 Å². The summed E-state index contributed by atoms with van der Waals surface area (Å²) in [6.07, 6.45) is 1.42. The highest BCUT2D eigenvalue weighted by molar-refractivity contribution is 7.93. The van der Waals surface area contributed by atoms with Gasteiger partial charge in [0.25, 0.3) is 10.0 Å². The second kappa shape index (κ2) is 5.28. The lowest BCUT2D eigenvalue weighted by molar-refractivity contribution is 0.405. The quantitative estimate of drug-likeness (QED) is 0.747. The second-order valence-electron chi connectivity index (χ2n) is 6.27. The number of nitrogens with one attached hydrogen (secondary N) is 2. The second-order valence-corrected chi connectivity index (χ2v) is 8.36. The van der Waals surface area contributed by atoms with E-state index in [4.69, 9.17) is 16.1 Å². The molecule has 2 heterocycles. The molecule has 2 aromatic heterocycles. The van der Waals surface area contributed by atoms with Crippen molar-refractivity contribution in [3.63, 3.8) is 0 Å². The van der Waals surface area contributed by atoms with Gasteiger partial charge in [0.05, 0.1) is 5.69 Å². The number of H-pyrrole nitrogens is 1. The minimum Gasteiger partial charge on any atom is -0.360 e. The summed E-state index contributed by atoms with van der Waals surface area (Å²) in [6.45, 7) is 5.89. The van der Waals surface area contributed by atoms with E-state index >= 15 is 0 Å². The van der Waals surface area contributed by atoms with Gasteiger partial charge < -0.3 is 9.51 Å². The highest BCUT2D eigenvalue weighted by Gasteiger charge is 2.24. The first-order valence-electron chi connectivity index (χ1n) is 6.93. The van der Waals surface area contributed by atoms with Crippen molar-refractivity contribution in [1.82, 2.24) is 10.1 Å². The number of halogens is 1. The van der Waals surface area contributed by atoms with Crippen LogP contribution in [0.2, 0.25) is 5.02 Å². The van der Waals surface area contributed by atoms with Crippen LogP contribution in [0.15, 0.2) is 39.9 Å². The van der Waals surface area contributed by atoms with E-state index in [9.17, 15) is 8.42 Å². The van der Waals surface area contributed by atoms with Crippen molar-refractivity contribution < 1.29 is 12.9 Å². The number of rotatable bonds is 3. The summed E-state index contributed by atoms with van der Waals surface area (Å²) in [7, 11) is -3.80. The van der Waals surface area contributed by atoms with E-state index in [2.05, 4.69) is 14.9 Å². The molecule has 0 aliphatic carbocycles. The minimum atomic E-state index is -3.80. The zero-order chi connectivity index (χ0) is 16.8. The maximum Gasteiger partial charge on any atom is 0.266 e. The predicted octanol–water partition coefficient (Wildman–Crippen LogP) is 3.91. The van der Waals surface area contributed by atoms with Gasteiger partial charge >= 0.3 is 0 Å². The molecular formula is C15H16ClN3O3S. The van der Waals surface area contributed by atoms with Crippen LogP contribution in [0.5, 0.6) is 0 Å². The molecule has 0 saturated carbocycles. The molecule has 3 aromatic rings. The first-order chi connectivity index (χ1) is 10.7. The van der Waals surface area contributed by atoms with Gasteiger partial charge in [-0.05, 0) is 18.2 Å². The summed E-state index contributed by atoms with van der Waals surface area (Å²) < 4.78 is 32.6. The molecule has 0 fully saturated rings. The van der Waals surface area contributed by atoms with Crippen LogP contribution in [0.3, 0.4) is 0 Å². The molecule has 3 rings (SSSR count). The maximum atomic E-state index is 12.6. The van der Waals surface area contributed by atoms with E-state index < -0.39 is 10.0 Å². The van der Waals surface area contributed by atoms with E-state index in [-0.39, 0.29) is 16.2 Å². The number of aromatic nitrogens is 2. The Labute approximate surface area is 138 Å². The molecule has 23 heavy (non-hydrogen) atoms. The van der Waals surface area contributed by atoms with Crippen molar-refractivity contribution >= 4 is 38.4 Å². The molecule has 122 valence electrons. The molecule has 1 aromatic carbocycles. The third-order valence-corrected chi connectivity index (χ3v) is 5.03. The number of hydrogen-bond donors (Lipinski definition) is 2. The third-order valence-electron chi connectivity index (χ3n) is 3.41. The van der Waals surface area contributed by atoms with E-state index in [1.807, 2.05) is 20.8 Å². The average molecular weight is 354 g/mol. The van der Waals surface area contributed by atoms with Gasteiger partial charge in [-0.2, -0.15) is 0 Å². The van der Waals surface area contributed by atoms with Gasteiger partial charge in [0, 0.05) is 33.6 Å². The van der Waals surface area contributed by atoms with E-state index in [0.29, 0.717) is 21.6 Å². The van der Waals surface area contributed by atoms with Gasteiger partial charge in [-0.15, -0.1) is 0 Å². The van der Waals surface area contributed by atoms with Crippen LogP contribution < -0.4 is 4.72 Å². The fourth-order valence-corrected chi connectivity index (χ4v) is 3.48. The summed E-state index contributed by atoms with van der Waals surface area (Å²) in [5, 5.41) is 4.98. The van der Waals surface area contributed by atoms with Crippen molar-refractivity contribution in [1.29, 1.82) is 0 Å². The Hall–Kier alpha value is -1.99. The molecule has 0 saturated heterocycles. The zero-order valence-corrected chi connectivity index (χ0v) is 14.4. The average Bonchev–Trinajstić information content (AvgIpc) is 3.03. The van der Waals surface area contributed by atoms with E-state index in [1.165, 1.54) is 6.20 Å². The van der Waals surface area contributed by atoms with Crippen molar-refractivity contribution in [3.05, 3.63) is 41.2 Å². The topological polar surface area (TPSA) is 88.0 Å². The van der Waals surface area contributed by atoms with Crippen molar-refractivity contribution in [3.8, 4) is 0 Å². The molecule has 0 amide bonds. The molecule has 0 unspecified atom stereocenters. The largest absolute Gasteiger partial charge is 0.360 e. The number of nitrogens with zero attached hydrogens (tertiary/aromatic N) is 1. The standard InChI is InChI=1S/C15H16ClN3O3S/c1-15(2,3)13-7-14(22-18-13)19-23(20,21)12-8-17-11-6-9(16)4-5-10(11)12/h4-8,17,19H,1-3H3. The SMILES string of the molecule is CC(C)(C)c1cc(NS(=O)(=O)c2c[nH]c3cc(Cl)ccc23)on1. The molecule has 0 bridgehead atoms. The fourth-order valence-electron chi connectivity index (χ4n) is 2.16. The zero-order valence-electron chi connectivity index (χ0n) is 12.8. The Kier molecular flexibility index (Phi) is 3.65. The lowest BCUT2D eigenvalue weighted by atomic mass is 9.92. The number of sulfonamides is 1. The number of anilines is 1. The lowest BCUT2D eigenvalue weighted by Crippen LogP contribution is -2.13. The van der Waals surface area contributed by atoms with Crippen LogP contribution in [-0.2, 0) is 15.4 Å². The molecule has 0 aliphatic rings. The molecular weight excluding hydrogens is 338 g/mol. The smallest absolute Gasteiger partial charge is 0.266 e. The van der Waals surface area contributed by atoms with Gasteiger partial charge in [0.1, 0.15) is 4.90 Å². The molecule has 0 atom stereocenters. The Balaban J connectivity index is 1.96. The van der Waals surface area contributed by atoms with Crippen LogP contribution in [0.25, 0.3) is 10.9 Å². The first kappa shape index (κ1) is 15.9. The number of benzene rings is 1. The monoisotopic (exact) mass is 353 g/mol. The molecule has 0 spiro atoms. The first-order valence-corrected chi connectivity index (χ1v) is 8.79. The van der Waals surface area contributed by atoms with Crippen LogP contribution in [0, 0.1) is 0 Å². The minimum absolute atomic E-state index is 0.0817. The van der Waals surface area contributed by atoms with Crippen LogP contribution in [-0.4, -0.2) is 18.6 Å². The van der Waals surface area contributed by atoms with Gasteiger partial charge in [-0.3, -0.25) is 0 Å². The van der Waals surface area contributed by atoms with Gasteiger partial charge in [-0.25, -0.2) is 13.1 Å². The van der Waals surface area contributed by atoms with Crippen LogP contribution >= 0.6 is 11.6 Å². The maximum absolute atomic E-state index is 12.6. The number of aromatic amines is 1. The summed E-state index contributed by atoms with van der Waals surface area (Å²) in [4.78, 5) is 3.02. The normalized spacial score (nSPS) is 12.7. The molecule has 2 N–H and O–H groups in total. The van der Waals surface area contributed by atoms with E-state index in [1.54, 1.807) is 24.3 Å². The van der Waals surface area contributed by atoms with Crippen LogP contribution in [0.1, 0.15) is 26.5 Å². The van der Waals surface area contributed by atoms with Crippen molar-refractivity contribution in [2.45, 2.75) is 31.1 Å². The third kappa shape index (κ3) is 3.07. The number of fused-ring (bicyclic) bond motifs is 1. The Morgan fingerprint density at radius 2 is 2.00 bits per heavy atom. The molecule has 6 nitrogen and oxygen atoms in total. The fraction of sp³-hybridized carbons (Fsp3) is 0.267. The van der Waals surface area contributed by atoms with Gasteiger partial charge in [0.2, 0.25) is 5.88 Å². The Morgan fingerprint density at radius 3 is 2.65 bits per heavy atom. The Morgan fingerprint density at radius 1 is 1.26 bits per heavy atom.